The summed E-state index contributed by atoms with van der Waals surface area (Å²) in [6.07, 6.45) is 20.8. The average molecular weight is 1250 g/mol. The van der Waals surface area contributed by atoms with Crippen molar-refractivity contribution in [3.8, 4) is 78.0 Å². The fraction of sp³-hybridized carbons (Fsp3) is 0.267. The van der Waals surface area contributed by atoms with E-state index in [1.807, 2.05) is 0 Å². The third-order valence-corrected chi connectivity index (χ3v) is 21.6. The van der Waals surface area contributed by atoms with Crippen LogP contribution in [0.15, 0.2) is 274 Å². The molecule has 462 valence electrons. The van der Waals surface area contributed by atoms with E-state index in [-0.39, 0.29) is 28.1 Å². The fourth-order valence-electron chi connectivity index (χ4n) is 18.7. The van der Waals surface area contributed by atoms with E-state index in [1.54, 1.807) is 0 Å². The minimum Gasteiger partial charge on any atom is -0.657 e. The number of benzene rings is 9. The molecule has 0 atom stereocenters. The molecule has 7 heteroatoms. The Morgan fingerprint density at radius 3 is 1.06 bits per heavy atom. The molecule has 0 unspecified atom stereocenters. The normalized spacial score (nSPS) is 24.3. The largest absolute Gasteiger partial charge is 0.657 e. The van der Waals surface area contributed by atoms with Crippen molar-refractivity contribution < 1.29 is 17.1 Å². The van der Waals surface area contributed by atoms with E-state index in [4.69, 9.17) is 20.2 Å². The molecule has 8 saturated carbocycles. The quantitative estimate of drug-likeness (QED) is 0.0644. The van der Waals surface area contributed by atoms with Crippen LogP contribution in [0, 0.1) is 56.3 Å². The molecule has 0 amide bonds. The topological polar surface area (TPSA) is 75.9 Å². The van der Waals surface area contributed by atoms with Crippen molar-refractivity contribution in [1.29, 1.82) is 0 Å². The van der Waals surface area contributed by atoms with Crippen molar-refractivity contribution in [2.45, 2.75) is 109 Å². The maximum absolute atomic E-state index is 5.69. The van der Waals surface area contributed by atoms with Crippen LogP contribution >= 0.6 is 0 Å². The van der Waals surface area contributed by atoms with E-state index >= 15 is 0 Å². The van der Waals surface area contributed by atoms with Gasteiger partial charge in [0.2, 0.25) is 0 Å². The minimum absolute atomic E-state index is 0. The molecule has 0 spiro atoms. The standard InChI is InChI=1S/C66H49N2.C20H30N4.Fe/c1-44-38-45(2)63(46(3)39-44)66(61-36-34-59(67-61)64-55(49-26-14-6-15-27-49)40-53(47-22-10-4-11-23-47)41-56(64)50-28-16-7-17-29-50)62-37-35-60(68-62)65-57(51-30-18-8-19-31-51)42-54(48-24-12-5-13-25-48)43-58(65)52-32-20-9-21-33-52;1-13-2-15-3-14(1)8-19(7-13,9-15)21-23-24-22-20-10-16-4-17(11-20)6-18(5-16)12-20;/h4-43H,1-3H3;13-18H,1-12H2;/q-1;;/b66-61+;;. The van der Waals surface area contributed by atoms with Crippen LogP contribution in [0.3, 0.4) is 0 Å². The second kappa shape index (κ2) is 25.6. The second-order valence-electron chi connectivity index (χ2n) is 28.3. The minimum atomic E-state index is 0. The third kappa shape index (κ3) is 12.2. The maximum Gasteiger partial charge on any atom is 0.0846 e. The molecule has 9 aliphatic rings. The van der Waals surface area contributed by atoms with Gasteiger partial charge in [0.05, 0.1) is 22.5 Å². The van der Waals surface area contributed by atoms with Gasteiger partial charge in [-0.15, -0.1) is 11.4 Å². The van der Waals surface area contributed by atoms with Crippen LogP contribution in [-0.4, -0.2) is 16.8 Å². The number of hydrogen-bond donors (Lipinski definition) is 0. The number of aryl methyl sites for hydroxylation is 3. The van der Waals surface area contributed by atoms with Gasteiger partial charge in [0.1, 0.15) is 0 Å². The van der Waals surface area contributed by atoms with Crippen molar-refractivity contribution in [3.63, 3.8) is 0 Å². The Hall–Kier alpha value is -8.87. The Morgan fingerprint density at radius 2 is 0.710 bits per heavy atom. The molecule has 2 heterocycles. The Bertz CT molecular complexity index is 4260. The number of nitrogens with zero attached hydrogens (tertiary/aromatic N) is 6. The zero-order chi connectivity index (χ0) is 61.8. The number of aromatic nitrogens is 1. The maximum atomic E-state index is 5.69. The molecule has 8 bridgehead atoms. The fourth-order valence-corrected chi connectivity index (χ4v) is 18.7. The molecule has 10 aromatic rings. The Labute approximate surface area is 559 Å². The molecule has 8 fully saturated rings. The Morgan fingerprint density at radius 1 is 0.376 bits per heavy atom. The molecule has 0 N–H and O–H groups in total. The molecule has 9 aromatic carbocycles. The van der Waals surface area contributed by atoms with Gasteiger partial charge < -0.3 is 4.98 Å². The van der Waals surface area contributed by atoms with Crippen molar-refractivity contribution in [1.82, 2.24) is 4.98 Å². The summed E-state index contributed by atoms with van der Waals surface area (Å²) < 4.78 is 0. The molecule has 0 saturated heterocycles. The zero-order valence-electron chi connectivity index (χ0n) is 53.6. The molecular weight excluding hydrogens is 1170 g/mol. The molecular formula is C86H79FeN6-. The number of rotatable bonds is 13. The molecule has 8 aliphatic carbocycles. The summed E-state index contributed by atoms with van der Waals surface area (Å²) in [5.41, 5.74) is 25.6. The van der Waals surface area contributed by atoms with Gasteiger partial charge in [-0.3, -0.25) is 0 Å². The van der Waals surface area contributed by atoms with Gasteiger partial charge >= 0.3 is 0 Å². The summed E-state index contributed by atoms with van der Waals surface area (Å²) in [5.74, 6) is 5.56. The van der Waals surface area contributed by atoms with Gasteiger partial charge in [-0.05, 0) is 275 Å². The summed E-state index contributed by atoms with van der Waals surface area (Å²) >= 11 is 0. The van der Waals surface area contributed by atoms with Crippen molar-refractivity contribution in [2.75, 3.05) is 0 Å². The Balaban J connectivity index is 0.000000237. The number of allylic oxidation sites excluding steroid dienone is 2. The summed E-state index contributed by atoms with van der Waals surface area (Å²) in [6, 6.07) is 82.6. The van der Waals surface area contributed by atoms with Crippen LogP contribution in [0.1, 0.15) is 111 Å². The first-order valence-electron chi connectivity index (χ1n) is 33.9. The predicted molar refractivity (Wildman–Crippen MR) is 378 cm³/mol. The van der Waals surface area contributed by atoms with Crippen LogP contribution in [0.5, 0.6) is 0 Å². The van der Waals surface area contributed by atoms with E-state index in [0.29, 0.717) is 0 Å². The smallest absolute Gasteiger partial charge is 0.0846 e. The average Bonchev–Trinajstić information content (AvgIpc) is 1.18. The van der Waals surface area contributed by atoms with Crippen molar-refractivity contribution in [3.05, 3.63) is 282 Å². The van der Waals surface area contributed by atoms with Gasteiger partial charge in [-0.1, -0.05) is 212 Å². The molecule has 6 nitrogen and oxygen atoms in total. The zero-order valence-corrected chi connectivity index (χ0v) is 54.7. The summed E-state index contributed by atoms with van der Waals surface area (Å²) in [6.45, 7) is 6.61. The molecule has 1 aliphatic heterocycles. The van der Waals surface area contributed by atoms with Crippen LogP contribution < -0.4 is 4.98 Å². The monoisotopic (exact) mass is 1250 g/mol. The predicted octanol–water partition coefficient (Wildman–Crippen LogP) is 22.8. The van der Waals surface area contributed by atoms with Gasteiger partial charge in [0.25, 0.3) is 0 Å². The molecule has 19 rings (SSSR count). The van der Waals surface area contributed by atoms with Crippen LogP contribution in [0.2, 0.25) is 0 Å². The van der Waals surface area contributed by atoms with Gasteiger partial charge in [0, 0.05) is 22.6 Å². The third-order valence-electron chi connectivity index (χ3n) is 21.6. The molecule has 0 radical (unpaired) electrons. The van der Waals surface area contributed by atoms with Crippen LogP contribution in [-0.2, 0) is 17.1 Å². The van der Waals surface area contributed by atoms with Crippen molar-refractivity contribution in [2.24, 2.45) is 61.2 Å². The van der Waals surface area contributed by atoms with Gasteiger partial charge in [-0.25, -0.2) is 4.99 Å². The van der Waals surface area contributed by atoms with Crippen LogP contribution in [0.4, 0.5) is 0 Å². The summed E-state index contributed by atoms with van der Waals surface area (Å²) in [4.78, 5) is 11.4. The van der Waals surface area contributed by atoms with Crippen molar-refractivity contribution >= 4 is 11.3 Å². The van der Waals surface area contributed by atoms with E-state index < -0.39 is 0 Å². The van der Waals surface area contributed by atoms with E-state index in [1.165, 1.54) is 105 Å². The number of aliphatic imine (C=N–C) groups is 1. The SMILES string of the molecule is C1C2CC3CC1CC(N=NN=NC14CC5CC(CC(C5)C1)C4)(C2)C3.Cc1cc(C)c(/C(=C2\C=CC(c3c(-c4ccccc4)cc(-c4ccccc4)cc3-c3ccccc3)=N2)c2ccc(-c3c(-c4ccccc4)cc(-c4ccccc4)cc3-c3ccccc3)[n-]2)c(C)c1.[Fe]. The van der Waals surface area contributed by atoms with Crippen LogP contribution in [0.25, 0.3) is 83.6 Å². The Kier molecular flexibility index (Phi) is 16.6. The van der Waals surface area contributed by atoms with E-state index in [0.717, 1.165) is 136 Å². The first-order valence-corrected chi connectivity index (χ1v) is 33.9. The summed E-state index contributed by atoms with van der Waals surface area (Å²) in [5, 5.41) is 18.2. The van der Waals surface area contributed by atoms with Gasteiger partial charge in [-0.2, -0.15) is 10.2 Å². The van der Waals surface area contributed by atoms with Gasteiger partial charge in [0.15, 0.2) is 0 Å². The first-order chi connectivity index (χ1) is 45.1. The summed E-state index contributed by atoms with van der Waals surface area (Å²) in [7, 11) is 0. The number of hydrogen-bond acceptors (Lipinski definition) is 3. The molecule has 93 heavy (non-hydrogen) atoms. The second-order valence-corrected chi connectivity index (χ2v) is 28.3. The van der Waals surface area contributed by atoms with E-state index in [9.17, 15) is 0 Å². The molecule has 1 aromatic heterocycles. The first kappa shape index (κ1) is 60.4. The van der Waals surface area contributed by atoms with E-state index in [2.05, 4.69) is 274 Å².